The Morgan fingerprint density at radius 2 is 1.81 bits per heavy atom. The van der Waals surface area contributed by atoms with E-state index >= 15 is 0 Å². The summed E-state index contributed by atoms with van der Waals surface area (Å²) >= 11 is 1.67. The molecule has 2 aromatic carbocycles. The van der Waals surface area contributed by atoms with E-state index in [1.54, 1.807) is 11.8 Å². The van der Waals surface area contributed by atoms with E-state index in [2.05, 4.69) is 9.97 Å². The highest BCUT2D eigenvalue weighted by molar-refractivity contribution is 7.98. The minimum Gasteiger partial charge on any atom is -0.327 e. The molecule has 8 heteroatoms. The molecule has 1 atom stereocenters. The molecule has 3 aromatic rings. The number of halogens is 3. The first-order valence-electron chi connectivity index (χ1n) is 8.30. The van der Waals surface area contributed by atoms with Gasteiger partial charge in [-0.05, 0) is 36.6 Å². The van der Waals surface area contributed by atoms with Gasteiger partial charge >= 0.3 is 6.18 Å². The number of thioether (sulfide) groups is 1. The predicted octanol–water partition coefficient (Wildman–Crippen LogP) is 2.88. The Kier molecular flexibility index (Phi) is 5.57. The monoisotopic (exact) mass is 394 g/mol. The minimum atomic E-state index is -4.47. The molecule has 4 nitrogen and oxygen atoms in total. The first-order valence-corrected chi connectivity index (χ1v) is 9.53. The maximum absolute atomic E-state index is 12.9. The summed E-state index contributed by atoms with van der Waals surface area (Å²) in [5, 5.41) is 0.150. The summed E-state index contributed by atoms with van der Waals surface area (Å²) in [7, 11) is 1.94. The fraction of sp³-hybridized carbons (Fsp3) is 0.263. The molecule has 1 heterocycles. The van der Waals surface area contributed by atoms with E-state index in [4.69, 9.17) is 0 Å². The maximum Gasteiger partial charge on any atom is 0.416 e. The quantitative estimate of drug-likeness (QED) is 0.655. The van der Waals surface area contributed by atoms with Crippen LogP contribution in [-0.2, 0) is 19.3 Å². The standard InChI is InChI=1S/C19H18F3N3OS/c1-25(10-12-3-6-14(27-2)7-4-12)11-17-23-16-9-13(19(20,21)22)5-8-15(16)18(26)24-17/h3-9H,10-11H2,1-2H3,(H,23,24,26)/p+1. The van der Waals surface area contributed by atoms with Crippen LogP contribution in [0.1, 0.15) is 17.0 Å². The largest absolute Gasteiger partial charge is 0.416 e. The van der Waals surface area contributed by atoms with Gasteiger partial charge in [0.1, 0.15) is 13.1 Å². The van der Waals surface area contributed by atoms with Crippen molar-refractivity contribution in [3.05, 3.63) is 69.8 Å². The molecule has 0 fully saturated rings. The number of fused-ring (bicyclic) bond motifs is 1. The van der Waals surface area contributed by atoms with Gasteiger partial charge in [-0.2, -0.15) is 13.2 Å². The van der Waals surface area contributed by atoms with Crippen molar-refractivity contribution in [2.24, 2.45) is 0 Å². The Morgan fingerprint density at radius 3 is 2.44 bits per heavy atom. The van der Waals surface area contributed by atoms with Crippen LogP contribution in [0.2, 0.25) is 0 Å². The van der Waals surface area contributed by atoms with Crippen LogP contribution in [0.3, 0.4) is 0 Å². The Hall–Kier alpha value is -2.32. The highest BCUT2D eigenvalue weighted by atomic mass is 32.2. The highest BCUT2D eigenvalue weighted by Crippen LogP contribution is 2.30. The fourth-order valence-electron chi connectivity index (χ4n) is 2.89. The van der Waals surface area contributed by atoms with Gasteiger partial charge in [-0.25, -0.2) is 4.98 Å². The third kappa shape index (κ3) is 4.70. The number of aromatic amines is 1. The molecule has 0 bridgehead atoms. The Bertz CT molecular complexity index is 1000. The molecule has 0 amide bonds. The zero-order valence-electron chi connectivity index (χ0n) is 14.9. The second-order valence-corrected chi connectivity index (χ2v) is 7.28. The summed E-state index contributed by atoms with van der Waals surface area (Å²) in [5.74, 6) is 0.366. The molecule has 0 saturated heterocycles. The first kappa shape index (κ1) is 19.4. The number of nitrogens with one attached hydrogen (secondary N) is 2. The zero-order valence-corrected chi connectivity index (χ0v) is 15.7. The van der Waals surface area contributed by atoms with Gasteiger partial charge in [-0.1, -0.05) is 12.1 Å². The van der Waals surface area contributed by atoms with Gasteiger partial charge in [0, 0.05) is 10.5 Å². The summed E-state index contributed by atoms with van der Waals surface area (Å²) in [4.78, 5) is 21.3. The van der Waals surface area contributed by atoms with Crippen molar-refractivity contribution in [2.45, 2.75) is 24.2 Å². The van der Waals surface area contributed by atoms with Crippen LogP contribution in [0.15, 0.2) is 52.2 Å². The molecule has 1 unspecified atom stereocenters. The molecule has 0 radical (unpaired) electrons. The van der Waals surface area contributed by atoms with Crippen molar-refractivity contribution in [3.8, 4) is 0 Å². The summed E-state index contributed by atoms with van der Waals surface area (Å²) < 4.78 is 38.7. The molecule has 27 heavy (non-hydrogen) atoms. The van der Waals surface area contributed by atoms with E-state index in [1.165, 1.54) is 4.90 Å². The van der Waals surface area contributed by atoms with E-state index in [0.29, 0.717) is 18.9 Å². The second-order valence-electron chi connectivity index (χ2n) is 6.40. The first-order chi connectivity index (χ1) is 12.8. The number of aromatic nitrogens is 2. The molecule has 3 rings (SSSR count). The smallest absolute Gasteiger partial charge is 0.327 e. The maximum atomic E-state index is 12.9. The normalized spacial score (nSPS) is 13.1. The molecule has 1 aromatic heterocycles. The number of hydrogen-bond acceptors (Lipinski definition) is 3. The SMILES string of the molecule is CSc1ccc(C[NH+](C)Cc2nc3cc(C(F)(F)F)ccc3c(=O)[nH]2)cc1. The Morgan fingerprint density at radius 1 is 1.11 bits per heavy atom. The van der Waals surface area contributed by atoms with Crippen molar-refractivity contribution in [3.63, 3.8) is 0 Å². The van der Waals surface area contributed by atoms with Crippen LogP contribution < -0.4 is 10.5 Å². The fourth-order valence-corrected chi connectivity index (χ4v) is 3.30. The van der Waals surface area contributed by atoms with Crippen LogP contribution in [-0.4, -0.2) is 23.3 Å². The van der Waals surface area contributed by atoms with Crippen molar-refractivity contribution < 1.29 is 18.1 Å². The summed E-state index contributed by atoms with van der Waals surface area (Å²) in [6, 6.07) is 11.2. The molecule has 2 N–H and O–H groups in total. The number of H-pyrrole nitrogens is 1. The highest BCUT2D eigenvalue weighted by Gasteiger charge is 2.30. The molecule has 0 aliphatic rings. The van der Waals surface area contributed by atoms with E-state index < -0.39 is 17.3 Å². The number of quaternary nitrogens is 1. The van der Waals surface area contributed by atoms with Gasteiger partial charge in [0.05, 0.1) is 23.5 Å². The summed E-state index contributed by atoms with van der Waals surface area (Å²) in [5.41, 5.74) is -0.0528. The van der Waals surface area contributed by atoms with Gasteiger partial charge in [0.2, 0.25) is 0 Å². The topological polar surface area (TPSA) is 50.2 Å². The average Bonchev–Trinajstić information content (AvgIpc) is 2.61. The molecular weight excluding hydrogens is 375 g/mol. The van der Waals surface area contributed by atoms with Gasteiger partial charge in [0.15, 0.2) is 5.82 Å². The summed E-state index contributed by atoms with van der Waals surface area (Å²) in [6.45, 7) is 1.10. The van der Waals surface area contributed by atoms with Crippen LogP contribution in [0.5, 0.6) is 0 Å². The van der Waals surface area contributed by atoms with Gasteiger partial charge in [-0.3, -0.25) is 4.79 Å². The molecule has 0 spiro atoms. The number of alkyl halides is 3. The van der Waals surface area contributed by atoms with Gasteiger partial charge < -0.3 is 9.88 Å². The van der Waals surface area contributed by atoms with Gasteiger partial charge in [-0.15, -0.1) is 11.8 Å². The third-order valence-electron chi connectivity index (χ3n) is 4.22. The molecule has 0 aliphatic heterocycles. The second kappa shape index (κ2) is 7.74. The third-order valence-corrected chi connectivity index (χ3v) is 4.96. The average molecular weight is 394 g/mol. The number of hydrogen-bond donors (Lipinski definition) is 2. The van der Waals surface area contributed by atoms with E-state index in [-0.39, 0.29) is 10.9 Å². The summed E-state index contributed by atoms with van der Waals surface area (Å²) in [6.07, 6.45) is -2.46. The Labute approximate surface area is 158 Å². The molecular formula is C19H19F3N3OS+. The van der Waals surface area contributed by atoms with Crippen LogP contribution in [0.4, 0.5) is 13.2 Å². The lowest BCUT2D eigenvalue weighted by Crippen LogP contribution is -3.06. The Balaban J connectivity index is 1.81. The van der Waals surface area contributed by atoms with Crippen molar-refractivity contribution in [1.82, 2.24) is 9.97 Å². The minimum absolute atomic E-state index is 0.0562. The van der Waals surface area contributed by atoms with Gasteiger partial charge in [0.25, 0.3) is 5.56 Å². The molecule has 0 saturated carbocycles. The number of nitrogens with zero attached hydrogens (tertiary/aromatic N) is 1. The van der Waals surface area contributed by atoms with Crippen LogP contribution >= 0.6 is 11.8 Å². The van der Waals surface area contributed by atoms with E-state index in [1.807, 2.05) is 37.6 Å². The van der Waals surface area contributed by atoms with E-state index in [0.717, 1.165) is 28.7 Å². The lowest BCUT2D eigenvalue weighted by Gasteiger charge is -2.14. The van der Waals surface area contributed by atoms with Crippen molar-refractivity contribution >= 4 is 22.7 Å². The lowest BCUT2D eigenvalue weighted by atomic mass is 10.1. The molecule has 0 aliphatic carbocycles. The van der Waals surface area contributed by atoms with Crippen LogP contribution in [0.25, 0.3) is 10.9 Å². The predicted molar refractivity (Wildman–Crippen MR) is 99.9 cm³/mol. The van der Waals surface area contributed by atoms with Crippen LogP contribution in [0, 0.1) is 0 Å². The van der Waals surface area contributed by atoms with E-state index in [9.17, 15) is 18.0 Å². The zero-order chi connectivity index (χ0) is 19.6. The van der Waals surface area contributed by atoms with Crippen molar-refractivity contribution in [1.29, 1.82) is 0 Å². The molecule has 142 valence electrons. The van der Waals surface area contributed by atoms with Crippen molar-refractivity contribution in [2.75, 3.05) is 13.3 Å². The number of benzene rings is 2. The lowest BCUT2D eigenvalue weighted by molar-refractivity contribution is -0.908. The number of rotatable bonds is 5.